The van der Waals surface area contributed by atoms with Crippen molar-refractivity contribution in [2.45, 2.75) is 45.4 Å². The standard InChI is InChI=1S/C17H26N2O/c1-3-15-11-7-8-12-16(15)18-17(20)19(2)13-14-9-5-4-6-10-14/h7-8,11-12,14H,3-6,9-10,13H2,1-2H3,(H,18,20). The van der Waals surface area contributed by atoms with Crippen LogP contribution in [0.3, 0.4) is 0 Å². The van der Waals surface area contributed by atoms with Crippen molar-refractivity contribution in [3.05, 3.63) is 29.8 Å². The number of carbonyl (C=O) groups is 1. The van der Waals surface area contributed by atoms with E-state index in [1.54, 1.807) is 0 Å². The normalized spacial score (nSPS) is 15.9. The lowest BCUT2D eigenvalue weighted by atomic mass is 9.89. The van der Waals surface area contributed by atoms with E-state index >= 15 is 0 Å². The maximum atomic E-state index is 12.3. The Balaban J connectivity index is 1.90. The molecule has 1 aromatic rings. The van der Waals surface area contributed by atoms with Crippen LogP contribution in [0, 0.1) is 5.92 Å². The fourth-order valence-electron chi connectivity index (χ4n) is 3.00. The van der Waals surface area contributed by atoms with Gasteiger partial charge in [-0.1, -0.05) is 44.4 Å². The Labute approximate surface area is 122 Å². The van der Waals surface area contributed by atoms with E-state index in [2.05, 4.69) is 18.3 Å². The summed E-state index contributed by atoms with van der Waals surface area (Å²) in [5.74, 6) is 0.681. The topological polar surface area (TPSA) is 32.3 Å². The number of carbonyl (C=O) groups excluding carboxylic acids is 1. The Morgan fingerprint density at radius 3 is 2.65 bits per heavy atom. The molecule has 1 saturated carbocycles. The molecule has 1 aromatic carbocycles. The number of amides is 2. The summed E-state index contributed by atoms with van der Waals surface area (Å²) in [7, 11) is 1.90. The first-order chi connectivity index (χ1) is 9.70. The lowest BCUT2D eigenvalue weighted by Crippen LogP contribution is -2.36. The maximum Gasteiger partial charge on any atom is 0.321 e. The van der Waals surface area contributed by atoms with Crippen LogP contribution in [0.1, 0.15) is 44.6 Å². The van der Waals surface area contributed by atoms with Gasteiger partial charge in [0.05, 0.1) is 0 Å². The van der Waals surface area contributed by atoms with E-state index in [-0.39, 0.29) is 6.03 Å². The average Bonchev–Trinajstić information content (AvgIpc) is 2.48. The molecule has 1 aliphatic rings. The molecule has 0 radical (unpaired) electrons. The first kappa shape index (κ1) is 14.9. The number of para-hydroxylation sites is 1. The highest BCUT2D eigenvalue weighted by atomic mass is 16.2. The van der Waals surface area contributed by atoms with Crippen LogP contribution in [0.25, 0.3) is 0 Å². The molecule has 0 heterocycles. The molecule has 3 nitrogen and oxygen atoms in total. The molecule has 0 bridgehead atoms. The zero-order valence-electron chi connectivity index (χ0n) is 12.7. The van der Waals surface area contributed by atoms with Crippen molar-refractivity contribution in [3.8, 4) is 0 Å². The number of hydrogen-bond donors (Lipinski definition) is 1. The van der Waals surface area contributed by atoms with Crippen LogP contribution < -0.4 is 5.32 Å². The van der Waals surface area contributed by atoms with Gasteiger partial charge in [-0.25, -0.2) is 4.79 Å². The van der Waals surface area contributed by atoms with Crippen molar-refractivity contribution < 1.29 is 4.79 Å². The third kappa shape index (κ3) is 3.99. The largest absolute Gasteiger partial charge is 0.327 e. The molecule has 0 aromatic heterocycles. The Hall–Kier alpha value is -1.51. The highest BCUT2D eigenvalue weighted by Gasteiger charge is 2.18. The molecule has 0 atom stereocenters. The second kappa shape index (κ2) is 7.32. The summed E-state index contributed by atoms with van der Waals surface area (Å²) in [5, 5.41) is 3.04. The number of rotatable bonds is 4. The summed E-state index contributed by atoms with van der Waals surface area (Å²) in [6.07, 6.45) is 7.46. The predicted octanol–water partition coefficient (Wildman–Crippen LogP) is 4.29. The lowest BCUT2D eigenvalue weighted by Gasteiger charge is -2.27. The van der Waals surface area contributed by atoms with E-state index in [0.717, 1.165) is 18.7 Å². The summed E-state index contributed by atoms with van der Waals surface area (Å²) in [6, 6.07) is 8.04. The van der Waals surface area contributed by atoms with Crippen LogP contribution in [0.5, 0.6) is 0 Å². The summed E-state index contributed by atoms with van der Waals surface area (Å²) >= 11 is 0. The van der Waals surface area contributed by atoms with E-state index in [1.165, 1.54) is 37.7 Å². The van der Waals surface area contributed by atoms with E-state index in [9.17, 15) is 4.79 Å². The first-order valence-electron chi connectivity index (χ1n) is 7.80. The Bertz CT molecular complexity index is 438. The third-order valence-electron chi connectivity index (χ3n) is 4.24. The van der Waals surface area contributed by atoms with Crippen molar-refractivity contribution in [3.63, 3.8) is 0 Å². The van der Waals surface area contributed by atoms with Crippen molar-refractivity contribution in [1.29, 1.82) is 0 Å². The van der Waals surface area contributed by atoms with Crippen molar-refractivity contribution >= 4 is 11.7 Å². The number of nitrogens with one attached hydrogen (secondary N) is 1. The van der Waals surface area contributed by atoms with Crippen LogP contribution in [0.15, 0.2) is 24.3 Å². The van der Waals surface area contributed by atoms with Gasteiger partial charge in [0.2, 0.25) is 0 Å². The van der Waals surface area contributed by atoms with Crippen LogP contribution in [0.2, 0.25) is 0 Å². The molecule has 1 aliphatic carbocycles. The smallest absolute Gasteiger partial charge is 0.321 e. The van der Waals surface area contributed by atoms with Gasteiger partial charge < -0.3 is 10.2 Å². The zero-order chi connectivity index (χ0) is 14.4. The zero-order valence-corrected chi connectivity index (χ0v) is 12.7. The van der Waals surface area contributed by atoms with Gasteiger partial charge in [0.1, 0.15) is 0 Å². The van der Waals surface area contributed by atoms with E-state index in [0.29, 0.717) is 5.92 Å². The number of anilines is 1. The quantitative estimate of drug-likeness (QED) is 0.872. The molecule has 2 rings (SSSR count). The number of urea groups is 1. The Morgan fingerprint density at radius 2 is 1.95 bits per heavy atom. The third-order valence-corrected chi connectivity index (χ3v) is 4.24. The van der Waals surface area contributed by atoms with E-state index < -0.39 is 0 Å². The molecule has 3 heteroatoms. The van der Waals surface area contributed by atoms with E-state index in [4.69, 9.17) is 0 Å². The second-order valence-electron chi connectivity index (χ2n) is 5.83. The summed E-state index contributed by atoms with van der Waals surface area (Å²) in [6.45, 7) is 2.98. The number of hydrogen-bond acceptors (Lipinski definition) is 1. The van der Waals surface area contributed by atoms with Gasteiger partial charge in [-0.05, 0) is 36.8 Å². The van der Waals surface area contributed by atoms with Crippen molar-refractivity contribution in [2.75, 3.05) is 18.9 Å². The molecule has 1 N–H and O–H groups in total. The fourth-order valence-corrected chi connectivity index (χ4v) is 3.00. The van der Waals surface area contributed by atoms with Crippen LogP contribution in [-0.2, 0) is 6.42 Å². The highest BCUT2D eigenvalue weighted by molar-refractivity contribution is 5.90. The Morgan fingerprint density at radius 1 is 1.25 bits per heavy atom. The minimum absolute atomic E-state index is 0.0106. The summed E-state index contributed by atoms with van der Waals surface area (Å²) < 4.78 is 0. The summed E-state index contributed by atoms with van der Waals surface area (Å²) in [4.78, 5) is 14.1. The number of aryl methyl sites for hydroxylation is 1. The molecule has 0 saturated heterocycles. The lowest BCUT2D eigenvalue weighted by molar-refractivity contribution is 0.205. The van der Waals surface area contributed by atoms with Crippen LogP contribution >= 0.6 is 0 Å². The molecule has 2 amide bonds. The number of nitrogens with zero attached hydrogens (tertiary/aromatic N) is 1. The fraction of sp³-hybridized carbons (Fsp3) is 0.588. The molecule has 1 fully saturated rings. The minimum atomic E-state index is 0.0106. The molecule has 0 unspecified atom stereocenters. The molecular weight excluding hydrogens is 248 g/mol. The maximum absolute atomic E-state index is 12.3. The predicted molar refractivity (Wildman–Crippen MR) is 84.0 cm³/mol. The minimum Gasteiger partial charge on any atom is -0.327 e. The van der Waals surface area contributed by atoms with Crippen molar-refractivity contribution in [2.24, 2.45) is 5.92 Å². The van der Waals surface area contributed by atoms with Gasteiger partial charge in [-0.3, -0.25) is 0 Å². The van der Waals surface area contributed by atoms with Crippen LogP contribution in [0.4, 0.5) is 10.5 Å². The molecule has 0 spiro atoms. The second-order valence-corrected chi connectivity index (χ2v) is 5.83. The molecule has 110 valence electrons. The number of benzene rings is 1. The average molecular weight is 274 g/mol. The molecule has 20 heavy (non-hydrogen) atoms. The van der Waals surface area contributed by atoms with Crippen molar-refractivity contribution in [1.82, 2.24) is 4.90 Å². The monoisotopic (exact) mass is 274 g/mol. The van der Waals surface area contributed by atoms with Gasteiger partial charge in [-0.2, -0.15) is 0 Å². The van der Waals surface area contributed by atoms with Crippen LogP contribution in [-0.4, -0.2) is 24.5 Å². The Kier molecular flexibility index (Phi) is 5.45. The van der Waals surface area contributed by atoms with E-state index in [1.807, 2.05) is 30.1 Å². The van der Waals surface area contributed by atoms with Gasteiger partial charge in [0.25, 0.3) is 0 Å². The van der Waals surface area contributed by atoms with Gasteiger partial charge >= 0.3 is 6.03 Å². The van der Waals surface area contributed by atoms with Gasteiger partial charge in [-0.15, -0.1) is 0 Å². The molecule has 0 aliphatic heterocycles. The van der Waals surface area contributed by atoms with Gasteiger partial charge in [0.15, 0.2) is 0 Å². The van der Waals surface area contributed by atoms with Gasteiger partial charge in [0, 0.05) is 19.3 Å². The highest BCUT2D eigenvalue weighted by Crippen LogP contribution is 2.24. The molecular formula is C17H26N2O. The first-order valence-corrected chi connectivity index (χ1v) is 7.80. The summed E-state index contributed by atoms with van der Waals surface area (Å²) in [5.41, 5.74) is 2.13. The SMILES string of the molecule is CCc1ccccc1NC(=O)N(C)CC1CCCCC1.